The van der Waals surface area contributed by atoms with Crippen molar-refractivity contribution in [1.82, 2.24) is 14.9 Å². The van der Waals surface area contributed by atoms with Crippen LogP contribution in [0.25, 0.3) is 0 Å². The quantitative estimate of drug-likeness (QED) is 0.551. The fourth-order valence-electron chi connectivity index (χ4n) is 3.26. The number of nitrogens with zero attached hydrogens (tertiary/aromatic N) is 3. The lowest BCUT2D eigenvalue weighted by Crippen LogP contribution is -2.54. The molecule has 176 valence electrons. The van der Waals surface area contributed by atoms with E-state index in [1.165, 1.54) is 41.4 Å². The molecule has 0 bridgehead atoms. The molecule has 1 fully saturated rings. The van der Waals surface area contributed by atoms with Gasteiger partial charge in [-0.1, -0.05) is 0 Å². The van der Waals surface area contributed by atoms with E-state index in [1.54, 1.807) is 13.0 Å². The Balaban J connectivity index is 1.33. The summed E-state index contributed by atoms with van der Waals surface area (Å²) in [5.41, 5.74) is 0.979. The van der Waals surface area contributed by atoms with Gasteiger partial charge in [0.2, 0.25) is 11.9 Å². The molecule has 1 saturated heterocycles. The molecule has 0 spiro atoms. The van der Waals surface area contributed by atoms with E-state index >= 15 is 0 Å². The highest BCUT2D eigenvalue weighted by Gasteiger charge is 2.36. The second-order valence-corrected chi connectivity index (χ2v) is 9.36. The fourth-order valence-corrected chi connectivity index (χ4v) is 4.21. The summed E-state index contributed by atoms with van der Waals surface area (Å²) in [7, 11) is -3.92. The largest absolute Gasteiger partial charge is 0.337 e. The van der Waals surface area contributed by atoms with Crippen LogP contribution in [0.15, 0.2) is 59.6 Å². The van der Waals surface area contributed by atoms with Crippen molar-refractivity contribution >= 4 is 33.5 Å². The molecular weight excluding hydrogens is 468 g/mol. The van der Waals surface area contributed by atoms with E-state index in [9.17, 15) is 26.8 Å². The van der Waals surface area contributed by atoms with Gasteiger partial charge in [0.15, 0.2) is 11.6 Å². The molecule has 3 aromatic rings. The van der Waals surface area contributed by atoms with Gasteiger partial charge in [-0.3, -0.25) is 9.59 Å². The highest BCUT2D eigenvalue weighted by molar-refractivity contribution is 7.92. The smallest absolute Gasteiger partial charge is 0.264 e. The van der Waals surface area contributed by atoms with Gasteiger partial charge in [0.25, 0.3) is 15.9 Å². The Morgan fingerprint density at radius 2 is 1.74 bits per heavy atom. The van der Waals surface area contributed by atoms with Gasteiger partial charge in [-0.15, -0.1) is 0 Å². The molecule has 2 N–H and O–H groups in total. The van der Waals surface area contributed by atoms with Crippen LogP contribution in [0, 0.1) is 24.5 Å². The normalized spacial score (nSPS) is 13.8. The standard InChI is InChI=1S/C22H19F2N5O4S/c1-13-8-9-25-22(26-13)28-34(32,33)17-5-3-16(4-6-17)27-20(30)15-11-29(12-15)21(31)14-2-7-18(23)19(24)10-14/h2-10,15H,11-12H2,1H3,(H,27,30)(H,25,26,28). The molecule has 9 nitrogen and oxygen atoms in total. The van der Waals surface area contributed by atoms with E-state index in [-0.39, 0.29) is 35.4 Å². The van der Waals surface area contributed by atoms with Gasteiger partial charge in [-0.05, 0) is 55.5 Å². The van der Waals surface area contributed by atoms with Crippen LogP contribution in [0.1, 0.15) is 16.1 Å². The van der Waals surface area contributed by atoms with Crippen LogP contribution in [0.4, 0.5) is 20.4 Å². The average molecular weight is 487 g/mol. The number of carbonyl (C=O) groups is 2. The molecule has 2 amide bonds. The van der Waals surface area contributed by atoms with Gasteiger partial charge < -0.3 is 10.2 Å². The first kappa shape index (κ1) is 23.2. The van der Waals surface area contributed by atoms with Gasteiger partial charge in [0, 0.05) is 36.2 Å². The Labute approximate surface area is 193 Å². The molecule has 12 heteroatoms. The molecule has 0 radical (unpaired) electrons. The Kier molecular flexibility index (Phi) is 6.24. The van der Waals surface area contributed by atoms with Crippen LogP contribution in [-0.2, 0) is 14.8 Å². The second-order valence-electron chi connectivity index (χ2n) is 7.68. The SMILES string of the molecule is Cc1ccnc(NS(=O)(=O)c2ccc(NC(=O)C3CN(C(=O)c4ccc(F)c(F)c4)C3)cc2)n1. The van der Waals surface area contributed by atoms with Crippen LogP contribution in [0.5, 0.6) is 0 Å². The van der Waals surface area contributed by atoms with E-state index in [1.807, 2.05) is 0 Å². The lowest BCUT2D eigenvalue weighted by Gasteiger charge is -2.38. The first-order valence-electron chi connectivity index (χ1n) is 10.1. The summed E-state index contributed by atoms with van der Waals surface area (Å²) in [6.45, 7) is 1.95. The highest BCUT2D eigenvalue weighted by Crippen LogP contribution is 2.22. The van der Waals surface area contributed by atoms with Crippen molar-refractivity contribution in [1.29, 1.82) is 0 Å². The average Bonchev–Trinajstić information content (AvgIpc) is 2.74. The van der Waals surface area contributed by atoms with Gasteiger partial charge in [-0.25, -0.2) is 31.9 Å². The lowest BCUT2D eigenvalue weighted by atomic mass is 9.97. The molecule has 4 rings (SSSR count). The zero-order valence-electron chi connectivity index (χ0n) is 17.8. The summed E-state index contributed by atoms with van der Waals surface area (Å²) in [5.74, 6) is -3.55. The maximum Gasteiger partial charge on any atom is 0.264 e. The maximum atomic E-state index is 13.3. The van der Waals surface area contributed by atoms with Gasteiger partial charge in [-0.2, -0.15) is 0 Å². The maximum absolute atomic E-state index is 13.3. The molecule has 1 aliphatic rings. The Bertz CT molecular complexity index is 1360. The van der Waals surface area contributed by atoms with Crippen molar-refractivity contribution in [2.45, 2.75) is 11.8 Å². The van der Waals surface area contributed by atoms with E-state index in [2.05, 4.69) is 20.0 Å². The van der Waals surface area contributed by atoms with Gasteiger partial charge in [0.05, 0.1) is 10.8 Å². The third kappa shape index (κ3) is 5.01. The number of carbonyl (C=O) groups excluding carboxylic acids is 2. The highest BCUT2D eigenvalue weighted by atomic mass is 32.2. The third-order valence-corrected chi connectivity index (χ3v) is 6.50. The van der Waals surface area contributed by atoms with E-state index in [4.69, 9.17) is 0 Å². The van der Waals surface area contributed by atoms with E-state index in [0.717, 1.165) is 12.1 Å². The second kappa shape index (κ2) is 9.14. The molecule has 0 aliphatic carbocycles. The van der Waals surface area contributed by atoms with Crippen molar-refractivity contribution in [2.24, 2.45) is 5.92 Å². The molecule has 0 atom stereocenters. The Morgan fingerprint density at radius 3 is 2.38 bits per heavy atom. The number of hydrogen-bond donors (Lipinski definition) is 2. The van der Waals surface area contributed by atoms with Crippen LogP contribution in [-0.4, -0.2) is 48.2 Å². The number of hydrogen-bond acceptors (Lipinski definition) is 6. The topological polar surface area (TPSA) is 121 Å². The minimum Gasteiger partial charge on any atom is -0.337 e. The molecular formula is C22H19F2N5O4S. The first-order chi connectivity index (χ1) is 16.1. The number of likely N-dealkylation sites (tertiary alicyclic amines) is 1. The lowest BCUT2D eigenvalue weighted by molar-refractivity contribution is -0.123. The number of aromatic nitrogens is 2. The number of benzene rings is 2. The molecule has 2 heterocycles. The molecule has 1 aliphatic heterocycles. The van der Waals surface area contributed by atoms with E-state index in [0.29, 0.717) is 11.4 Å². The summed E-state index contributed by atoms with van der Waals surface area (Å²) in [5, 5.41) is 2.67. The fraction of sp³-hybridized carbons (Fsp3) is 0.182. The minimum atomic E-state index is -3.92. The van der Waals surface area contributed by atoms with Crippen molar-refractivity contribution in [3.8, 4) is 0 Å². The summed E-state index contributed by atoms with van der Waals surface area (Å²) >= 11 is 0. The number of sulfonamides is 1. The zero-order valence-corrected chi connectivity index (χ0v) is 18.6. The van der Waals surface area contributed by atoms with Crippen LogP contribution >= 0.6 is 0 Å². The summed E-state index contributed by atoms with van der Waals surface area (Å²) < 4.78 is 53.7. The Hall–Kier alpha value is -3.93. The molecule has 0 saturated carbocycles. The zero-order chi connectivity index (χ0) is 24.5. The number of aryl methyl sites for hydroxylation is 1. The molecule has 0 unspecified atom stereocenters. The van der Waals surface area contributed by atoms with Crippen molar-refractivity contribution < 1.29 is 26.8 Å². The Morgan fingerprint density at radius 1 is 1.03 bits per heavy atom. The molecule has 34 heavy (non-hydrogen) atoms. The molecule has 2 aromatic carbocycles. The summed E-state index contributed by atoms with van der Waals surface area (Å²) in [4.78, 5) is 34.0. The number of anilines is 2. The van der Waals surface area contributed by atoms with Crippen molar-refractivity contribution in [3.63, 3.8) is 0 Å². The number of rotatable bonds is 6. The van der Waals surface area contributed by atoms with Crippen LogP contribution in [0.2, 0.25) is 0 Å². The predicted molar refractivity (Wildman–Crippen MR) is 118 cm³/mol. The van der Waals surface area contributed by atoms with E-state index < -0.39 is 33.5 Å². The van der Waals surface area contributed by atoms with Gasteiger partial charge in [0.1, 0.15) is 0 Å². The van der Waals surface area contributed by atoms with Gasteiger partial charge >= 0.3 is 0 Å². The number of amides is 2. The predicted octanol–water partition coefficient (Wildman–Crippen LogP) is 2.57. The van der Waals surface area contributed by atoms with Crippen molar-refractivity contribution in [3.05, 3.63) is 77.6 Å². The summed E-state index contributed by atoms with van der Waals surface area (Å²) in [6.07, 6.45) is 1.44. The van der Waals surface area contributed by atoms with Crippen LogP contribution < -0.4 is 10.0 Å². The summed E-state index contributed by atoms with van der Waals surface area (Å²) in [6, 6.07) is 10.0. The van der Waals surface area contributed by atoms with Crippen molar-refractivity contribution in [2.75, 3.05) is 23.1 Å². The third-order valence-electron chi connectivity index (χ3n) is 5.16. The monoisotopic (exact) mass is 487 g/mol. The minimum absolute atomic E-state index is 0.000714. The molecule has 1 aromatic heterocycles. The number of nitrogens with one attached hydrogen (secondary N) is 2. The number of halogens is 2. The van der Waals surface area contributed by atoms with Crippen LogP contribution in [0.3, 0.4) is 0 Å². The first-order valence-corrected chi connectivity index (χ1v) is 11.6.